The zero-order valence-electron chi connectivity index (χ0n) is 8.15. The van der Waals surface area contributed by atoms with Crippen molar-refractivity contribution < 1.29 is 14.9 Å². The van der Waals surface area contributed by atoms with Crippen molar-refractivity contribution in [2.45, 2.75) is 18.6 Å². The van der Waals surface area contributed by atoms with Gasteiger partial charge in [-0.05, 0) is 12.5 Å². The van der Waals surface area contributed by atoms with Gasteiger partial charge in [0.1, 0.15) is 12.4 Å². The molecule has 14 heavy (non-hydrogen) atoms. The minimum atomic E-state index is -0.707. The Balaban J connectivity index is 2.13. The molecule has 0 saturated heterocycles. The third-order valence-corrected chi connectivity index (χ3v) is 2.02. The number of aliphatic hydroxyl groups excluding tert-OH is 2. The molecule has 1 rings (SSSR count). The summed E-state index contributed by atoms with van der Waals surface area (Å²) in [6.07, 6.45) is 2.08. The second-order valence-electron chi connectivity index (χ2n) is 3.44. The lowest BCUT2D eigenvalue weighted by atomic mass is 10.2. The lowest BCUT2D eigenvalue weighted by Crippen LogP contribution is -2.34. The standard InChI is InChI=1S/C9H18N2O3/c10-7-1-2-9(14-6-7)4-11-3-8(13)5-12/h2,7-8,11-13H,1,3-6,10H2/t7-,8?/m1/s1. The summed E-state index contributed by atoms with van der Waals surface area (Å²) in [5.74, 6) is 0.858. The van der Waals surface area contributed by atoms with Gasteiger partial charge < -0.3 is 26.0 Å². The second-order valence-corrected chi connectivity index (χ2v) is 3.44. The van der Waals surface area contributed by atoms with E-state index in [-0.39, 0.29) is 12.6 Å². The zero-order valence-corrected chi connectivity index (χ0v) is 8.15. The van der Waals surface area contributed by atoms with E-state index >= 15 is 0 Å². The molecule has 5 nitrogen and oxygen atoms in total. The first kappa shape index (κ1) is 11.5. The first-order valence-electron chi connectivity index (χ1n) is 4.79. The minimum Gasteiger partial charge on any atom is -0.495 e. The number of rotatable bonds is 5. The van der Waals surface area contributed by atoms with Crippen LogP contribution >= 0.6 is 0 Å². The van der Waals surface area contributed by atoms with Crippen LogP contribution in [0.3, 0.4) is 0 Å². The van der Waals surface area contributed by atoms with Gasteiger partial charge in [-0.3, -0.25) is 0 Å². The number of hydrogen-bond donors (Lipinski definition) is 4. The van der Waals surface area contributed by atoms with Gasteiger partial charge in [0.05, 0.1) is 19.3 Å². The summed E-state index contributed by atoms with van der Waals surface area (Å²) in [6, 6.07) is 0.0989. The highest BCUT2D eigenvalue weighted by atomic mass is 16.5. The largest absolute Gasteiger partial charge is 0.495 e. The van der Waals surface area contributed by atoms with Crippen LogP contribution in [0.25, 0.3) is 0 Å². The Morgan fingerprint density at radius 2 is 2.50 bits per heavy atom. The second kappa shape index (κ2) is 5.98. The van der Waals surface area contributed by atoms with E-state index in [4.69, 9.17) is 20.7 Å². The highest BCUT2D eigenvalue weighted by molar-refractivity contribution is 5.00. The predicted molar refractivity (Wildman–Crippen MR) is 52.6 cm³/mol. The lowest BCUT2D eigenvalue weighted by Gasteiger charge is -2.20. The van der Waals surface area contributed by atoms with E-state index < -0.39 is 6.10 Å². The molecule has 0 fully saturated rings. The summed E-state index contributed by atoms with van der Waals surface area (Å²) in [5.41, 5.74) is 5.63. The third-order valence-electron chi connectivity index (χ3n) is 2.02. The van der Waals surface area contributed by atoms with E-state index in [1.807, 2.05) is 6.08 Å². The maximum absolute atomic E-state index is 9.04. The van der Waals surface area contributed by atoms with Gasteiger partial charge in [-0.2, -0.15) is 0 Å². The molecule has 5 heteroatoms. The highest BCUT2D eigenvalue weighted by Gasteiger charge is 2.10. The van der Waals surface area contributed by atoms with Crippen molar-refractivity contribution in [3.05, 3.63) is 11.8 Å². The topological polar surface area (TPSA) is 87.7 Å². The molecule has 1 heterocycles. The number of ether oxygens (including phenoxy) is 1. The van der Waals surface area contributed by atoms with Gasteiger partial charge in [0, 0.05) is 12.6 Å². The third kappa shape index (κ3) is 4.06. The average Bonchev–Trinajstić information content (AvgIpc) is 2.21. The number of nitrogens with one attached hydrogen (secondary N) is 1. The molecule has 2 atom stereocenters. The molecule has 0 saturated carbocycles. The molecule has 0 bridgehead atoms. The fourth-order valence-electron chi connectivity index (χ4n) is 1.17. The number of hydrogen-bond acceptors (Lipinski definition) is 5. The van der Waals surface area contributed by atoms with Crippen LogP contribution < -0.4 is 11.1 Å². The summed E-state index contributed by atoms with van der Waals surface area (Å²) in [4.78, 5) is 0. The van der Waals surface area contributed by atoms with Crippen LogP contribution in [-0.4, -0.2) is 48.7 Å². The van der Waals surface area contributed by atoms with Crippen molar-refractivity contribution in [1.82, 2.24) is 5.32 Å². The normalized spacial score (nSPS) is 23.9. The molecule has 0 radical (unpaired) electrons. The predicted octanol–water partition coefficient (Wildman–Crippen LogP) is -1.44. The first-order valence-corrected chi connectivity index (χ1v) is 4.79. The lowest BCUT2D eigenvalue weighted by molar-refractivity contribution is 0.0929. The number of nitrogens with two attached hydrogens (primary N) is 1. The van der Waals surface area contributed by atoms with Gasteiger partial charge in [0.15, 0.2) is 0 Å². The van der Waals surface area contributed by atoms with Crippen LogP contribution in [0.1, 0.15) is 6.42 Å². The van der Waals surface area contributed by atoms with E-state index in [9.17, 15) is 0 Å². The maximum Gasteiger partial charge on any atom is 0.106 e. The van der Waals surface area contributed by atoms with E-state index in [1.165, 1.54) is 0 Å². The highest BCUT2D eigenvalue weighted by Crippen LogP contribution is 2.07. The Hall–Kier alpha value is -0.620. The van der Waals surface area contributed by atoms with Gasteiger partial charge in [-0.1, -0.05) is 0 Å². The molecule has 0 aromatic heterocycles. The Morgan fingerprint density at radius 3 is 3.07 bits per heavy atom. The van der Waals surface area contributed by atoms with Crippen LogP contribution in [0.4, 0.5) is 0 Å². The monoisotopic (exact) mass is 202 g/mol. The Bertz CT molecular complexity index is 196. The van der Waals surface area contributed by atoms with Crippen molar-refractivity contribution in [2.75, 3.05) is 26.3 Å². The fraction of sp³-hybridized carbons (Fsp3) is 0.778. The first-order chi connectivity index (χ1) is 6.72. The van der Waals surface area contributed by atoms with Gasteiger partial charge in [0.2, 0.25) is 0 Å². The molecular weight excluding hydrogens is 184 g/mol. The SMILES string of the molecule is N[C@@H]1CC=C(CNCC(O)CO)OC1. The van der Waals surface area contributed by atoms with Crippen LogP contribution in [-0.2, 0) is 4.74 Å². The van der Waals surface area contributed by atoms with Crippen molar-refractivity contribution >= 4 is 0 Å². The summed E-state index contributed by atoms with van der Waals surface area (Å²) < 4.78 is 5.34. The molecule has 0 aromatic carbocycles. The quantitative estimate of drug-likeness (QED) is 0.438. The zero-order chi connectivity index (χ0) is 10.4. The van der Waals surface area contributed by atoms with E-state index in [0.29, 0.717) is 19.7 Å². The fourth-order valence-corrected chi connectivity index (χ4v) is 1.17. The molecule has 0 aromatic rings. The summed E-state index contributed by atoms with van der Waals surface area (Å²) in [5, 5.41) is 20.6. The minimum absolute atomic E-state index is 0.0989. The number of aliphatic hydroxyl groups is 2. The van der Waals surface area contributed by atoms with Crippen LogP contribution in [0.15, 0.2) is 11.8 Å². The van der Waals surface area contributed by atoms with Gasteiger partial charge in [0.25, 0.3) is 0 Å². The average molecular weight is 202 g/mol. The molecule has 5 N–H and O–H groups in total. The summed E-state index contributed by atoms with van der Waals surface area (Å²) >= 11 is 0. The van der Waals surface area contributed by atoms with Gasteiger partial charge in [-0.15, -0.1) is 0 Å². The van der Waals surface area contributed by atoms with E-state index in [2.05, 4.69) is 5.32 Å². The molecule has 0 aliphatic carbocycles. The van der Waals surface area contributed by atoms with Crippen molar-refractivity contribution in [1.29, 1.82) is 0 Å². The smallest absolute Gasteiger partial charge is 0.106 e. The van der Waals surface area contributed by atoms with Crippen LogP contribution in [0.2, 0.25) is 0 Å². The maximum atomic E-state index is 9.04. The van der Waals surface area contributed by atoms with Gasteiger partial charge >= 0.3 is 0 Å². The van der Waals surface area contributed by atoms with Gasteiger partial charge in [-0.25, -0.2) is 0 Å². The molecule has 82 valence electrons. The van der Waals surface area contributed by atoms with Crippen molar-refractivity contribution in [3.8, 4) is 0 Å². The Morgan fingerprint density at radius 1 is 1.71 bits per heavy atom. The molecule has 0 spiro atoms. The summed E-state index contributed by atoms with van der Waals surface area (Å²) in [6.45, 7) is 1.26. The van der Waals surface area contributed by atoms with Crippen molar-refractivity contribution in [2.24, 2.45) is 5.73 Å². The van der Waals surface area contributed by atoms with Crippen LogP contribution in [0, 0.1) is 0 Å². The molecular formula is C9H18N2O3. The van der Waals surface area contributed by atoms with E-state index in [0.717, 1.165) is 12.2 Å². The Labute approximate surface area is 83.6 Å². The Kier molecular flexibility index (Phi) is 4.89. The van der Waals surface area contributed by atoms with Crippen molar-refractivity contribution in [3.63, 3.8) is 0 Å². The molecule has 1 aliphatic heterocycles. The van der Waals surface area contributed by atoms with E-state index in [1.54, 1.807) is 0 Å². The molecule has 1 unspecified atom stereocenters. The van der Waals surface area contributed by atoms with Crippen LogP contribution in [0.5, 0.6) is 0 Å². The summed E-state index contributed by atoms with van der Waals surface area (Å²) in [7, 11) is 0. The molecule has 1 aliphatic rings. The molecule has 0 amide bonds.